The standard InChI is InChI=1S/C20H22ClFN4O5/c1-29-20-24-8-12(9-25-20)7-23-19(28)17-5-2-13(10-31-17)26-18(27)11-30-14-3-4-15(21)16(22)6-14/h3-4,6,8-9,13,17H,2,5,7,10-11H2,1H3,(H,23,28)(H,26,27)/t13-,17+/m1/s1. The fraction of sp³-hybridized carbons (Fsp3) is 0.400. The monoisotopic (exact) mass is 452 g/mol. The molecule has 1 aromatic heterocycles. The average molecular weight is 453 g/mol. The van der Waals surface area contributed by atoms with Gasteiger partial charge in [-0.2, -0.15) is 0 Å². The van der Waals surface area contributed by atoms with Crippen LogP contribution in [0.5, 0.6) is 11.8 Å². The van der Waals surface area contributed by atoms with Crippen LogP contribution in [-0.4, -0.2) is 54.3 Å². The van der Waals surface area contributed by atoms with Crippen LogP contribution in [0.15, 0.2) is 30.6 Å². The number of methoxy groups -OCH3 is 1. The van der Waals surface area contributed by atoms with Crippen LogP contribution in [0.4, 0.5) is 4.39 Å². The van der Waals surface area contributed by atoms with E-state index in [1.54, 1.807) is 12.4 Å². The van der Waals surface area contributed by atoms with E-state index in [9.17, 15) is 14.0 Å². The van der Waals surface area contributed by atoms with E-state index >= 15 is 0 Å². The Kier molecular flexibility index (Phi) is 7.96. The minimum absolute atomic E-state index is 0.0212. The number of ether oxygens (including phenoxy) is 3. The Morgan fingerprint density at radius 3 is 2.71 bits per heavy atom. The molecule has 31 heavy (non-hydrogen) atoms. The normalized spacial score (nSPS) is 18.2. The van der Waals surface area contributed by atoms with E-state index in [-0.39, 0.29) is 54.4 Å². The molecule has 0 unspecified atom stereocenters. The number of hydrogen-bond acceptors (Lipinski definition) is 7. The molecule has 1 fully saturated rings. The summed E-state index contributed by atoms with van der Waals surface area (Å²) >= 11 is 5.61. The van der Waals surface area contributed by atoms with Gasteiger partial charge in [-0.15, -0.1) is 0 Å². The molecule has 1 aliphatic heterocycles. The van der Waals surface area contributed by atoms with Crippen molar-refractivity contribution >= 4 is 23.4 Å². The Balaban J connectivity index is 1.35. The van der Waals surface area contributed by atoms with E-state index in [0.29, 0.717) is 12.8 Å². The van der Waals surface area contributed by atoms with Crippen molar-refractivity contribution in [2.24, 2.45) is 0 Å². The summed E-state index contributed by atoms with van der Waals surface area (Å²) in [6.45, 7) is 0.196. The summed E-state index contributed by atoms with van der Waals surface area (Å²) in [6.07, 6.45) is 3.57. The van der Waals surface area contributed by atoms with Crippen molar-refractivity contribution in [1.82, 2.24) is 20.6 Å². The van der Waals surface area contributed by atoms with Gasteiger partial charge in [0, 0.05) is 30.6 Å². The van der Waals surface area contributed by atoms with Crippen molar-refractivity contribution in [1.29, 1.82) is 0 Å². The zero-order chi connectivity index (χ0) is 22.2. The first-order valence-electron chi connectivity index (χ1n) is 9.56. The minimum Gasteiger partial charge on any atom is -0.484 e. The Morgan fingerprint density at radius 2 is 2.06 bits per heavy atom. The quantitative estimate of drug-likeness (QED) is 0.626. The van der Waals surface area contributed by atoms with Crippen molar-refractivity contribution in [3.05, 3.63) is 47.0 Å². The minimum atomic E-state index is -0.621. The van der Waals surface area contributed by atoms with Gasteiger partial charge in [0.15, 0.2) is 6.61 Å². The highest BCUT2D eigenvalue weighted by molar-refractivity contribution is 6.30. The van der Waals surface area contributed by atoms with Gasteiger partial charge in [-0.25, -0.2) is 14.4 Å². The maximum absolute atomic E-state index is 13.4. The molecular formula is C20H22ClFN4O5. The highest BCUT2D eigenvalue weighted by Crippen LogP contribution is 2.20. The molecule has 1 aliphatic rings. The second-order valence-electron chi connectivity index (χ2n) is 6.82. The summed E-state index contributed by atoms with van der Waals surface area (Å²) in [7, 11) is 1.47. The van der Waals surface area contributed by atoms with Gasteiger partial charge in [-0.3, -0.25) is 9.59 Å². The fourth-order valence-corrected chi connectivity index (χ4v) is 3.02. The molecule has 0 spiro atoms. The van der Waals surface area contributed by atoms with Crippen LogP contribution in [0.25, 0.3) is 0 Å². The molecule has 2 aromatic rings. The Bertz CT molecular complexity index is 907. The van der Waals surface area contributed by atoms with Crippen molar-refractivity contribution in [3.8, 4) is 11.8 Å². The lowest BCUT2D eigenvalue weighted by Gasteiger charge is -2.28. The van der Waals surface area contributed by atoms with Crippen molar-refractivity contribution in [3.63, 3.8) is 0 Å². The second kappa shape index (κ2) is 10.9. The maximum atomic E-state index is 13.4. The van der Waals surface area contributed by atoms with Gasteiger partial charge in [0.25, 0.3) is 5.91 Å². The molecule has 2 atom stereocenters. The molecule has 0 radical (unpaired) electrons. The zero-order valence-electron chi connectivity index (χ0n) is 16.8. The largest absolute Gasteiger partial charge is 0.484 e. The first kappa shape index (κ1) is 22.7. The molecular weight excluding hydrogens is 431 g/mol. The van der Waals surface area contributed by atoms with Crippen LogP contribution in [0.1, 0.15) is 18.4 Å². The van der Waals surface area contributed by atoms with Gasteiger partial charge in [0.2, 0.25) is 5.91 Å². The van der Waals surface area contributed by atoms with Crippen LogP contribution in [-0.2, 0) is 20.9 Å². The summed E-state index contributed by atoms with van der Waals surface area (Å²) in [4.78, 5) is 32.3. The van der Waals surface area contributed by atoms with Gasteiger partial charge in [0.05, 0.1) is 24.8 Å². The number of benzene rings is 1. The SMILES string of the molecule is COc1ncc(CNC(=O)[C@@H]2CC[C@@H](NC(=O)COc3ccc(Cl)c(F)c3)CO2)cn1. The third kappa shape index (κ3) is 6.76. The third-order valence-corrected chi connectivity index (χ3v) is 4.83. The summed E-state index contributed by atoms with van der Waals surface area (Å²) in [5, 5.41) is 5.53. The molecule has 0 bridgehead atoms. The highest BCUT2D eigenvalue weighted by Gasteiger charge is 2.27. The van der Waals surface area contributed by atoms with Gasteiger partial charge >= 0.3 is 6.01 Å². The molecule has 9 nitrogen and oxygen atoms in total. The van der Waals surface area contributed by atoms with E-state index in [2.05, 4.69) is 20.6 Å². The fourth-order valence-electron chi connectivity index (χ4n) is 2.90. The summed E-state index contributed by atoms with van der Waals surface area (Å²) < 4.78 is 29.1. The second-order valence-corrected chi connectivity index (χ2v) is 7.23. The number of aromatic nitrogens is 2. The van der Waals surface area contributed by atoms with Crippen LogP contribution < -0.4 is 20.1 Å². The summed E-state index contributed by atoms with van der Waals surface area (Å²) in [5.74, 6) is -1.03. The van der Waals surface area contributed by atoms with Gasteiger partial charge in [0.1, 0.15) is 17.7 Å². The molecule has 1 saturated heterocycles. The molecule has 11 heteroatoms. The molecule has 0 saturated carbocycles. The number of nitrogens with one attached hydrogen (secondary N) is 2. The number of carbonyl (C=O) groups excluding carboxylic acids is 2. The topological polar surface area (TPSA) is 112 Å². The molecule has 3 rings (SSSR count). The maximum Gasteiger partial charge on any atom is 0.316 e. The van der Waals surface area contributed by atoms with Gasteiger partial charge in [-0.05, 0) is 25.0 Å². The number of nitrogens with zero attached hydrogens (tertiary/aromatic N) is 2. The van der Waals surface area contributed by atoms with E-state index in [1.807, 2.05) is 0 Å². The number of hydrogen-bond donors (Lipinski definition) is 2. The van der Waals surface area contributed by atoms with Crippen LogP contribution in [0.3, 0.4) is 0 Å². The summed E-state index contributed by atoms with van der Waals surface area (Å²) in [6, 6.07) is 3.96. The lowest BCUT2D eigenvalue weighted by molar-refractivity contribution is -0.137. The van der Waals surface area contributed by atoms with E-state index in [4.69, 9.17) is 25.8 Å². The van der Waals surface area contributed by atoms with Crippen LogP contribution in [0, 0.1) is 5.82 Å². The highest BCUT2D eigenvalue weighted by atomic mass is 35.5. The predicted octanol–water partition coefficient (Wildman–Crippen LogP) is 1.64. The van der Waals surface area contributed by atoms with Crippen molar-refractivity contribution in [2.75, 3.05) is 20.3 Å². The first-order chi connectivity index (χ1) is 14.9. The Morgan fingerprint density at radius 1 is 1.29 bits per heavy atom. The van der Waals surface area contributed by atoms with E-state index in [0.717, 1.165) is 11.6 Å². The van der Waals surface area contributed by atoms with Gasteiger partial charge in [-0.1, -0.05) is 11.6 Å². The Labute approximate surface area is 183 Å². The van der Waals surface area contributed by atoms with Crippen molar-refractivity contribution in [2.45, 2.75) is 31.5 Å². The molecule has 1 aromatic carbocycles. The zero-order valence-corrected chi connectivity index (χ0v) is 17.5. The van der Waals surface area contributed by atoms with E-state index in [1.165, 1.54) is 19.2 Å². The first-order valence-corrected chi connectivity index (χ1v) is 9.94. The predicted molar refractivity (Wildman–Crippen MR) is 108 cm³/mol. The number of rotatable bonds is 8. The molecule has 2 heterocycles. The average Bonchev–Trinajstić information content (AvgIpc) is 2.79. The number of halogens is 2. The smallest absolute Gasteiger partial charge is 0.316 e. The molecule has 166 valence electrons. The summed E-state index contributed by atoms with van der Waals surface area (Å²) in [5.41, 5.74) is 0.732. The lowest BCUT2D eigenvalue weighted by Crippen LogP contribution is -2.48. The van der Waals surface area contributed by atoms with Crippen LogP contribution >= 0.6 is 11.6 Å². The Hall–Kier alpha value is -2.98. The van der Waals surface area contributed by atoms with E-state index < -0.39 is 11.9 Å². The van der Waals surface area contributed by atoms with Gasteiger partial charge < -0.3 is 24.8 Å². The number of amides is 2. The molecule has 2 N–H and O–H groups in total. The molecule has 0 aliphatic carbocycles. The molecule has 2 amide bonds. The lowest BCUT2D eigenvalue weighted by atomic mass is 10.0. The van der Waals surface area contributed by atoms with Crippen LogP contribution in [0.2, 0.25) is 5.02 Å². The number of carbonyl (C=O) groups is 2. The third-order valence-electron chi connectivity index (χ3n) is 4.53. The van der Waals surface area contributed by atoms with Crippen molar-refractivity contribution < 1.29 is 28.2 Å².